The normalized spacial score (nSPS) is 21.1. The van der Waals surface area contributed by atoms with Crippen LogP contribution in [0, 0.1) is 5.92 Å². The molecule has 36 heavy (non-hydrogen) atoms. The van der Waals surface area contributed by atoms with E-state index in [0.29, 0.717) is 19.5 Å². The van der Waals surface area contributed by atoms with Crippen molar-refractivity contribution >= 4 is 16.8 Å². The third-order valence-electron chi connectivity index (χ3n) is 7.16. The van der Waals surface area contributed by atoms with Crippen molar-refractivity contribution in [1.29, 1.82) is 0 Å². The summed E-state index contributed by atoms with van der Waals surface area (Å²) in [4.78, 5) is 22.5. The van der Waals surface area contributed by atoms with Gasteiger partial charge >= 0.3 is 0 Å². The summed E-state index contributed by atoms with van der Waals surface area (Å²) >= 11 is 0. The number of aromatic nitrogens is 1. The number of nitrogens with zero attached hydrogens (tertiary/aromatic N) is 1. The molecule has 1 aliphatic rings. The molecule has 0 aliphatic carbocycles. The van der Waals surface area contributed by atoms with Crippen molar-refractivity contribution in [2.75, 3.05) is 19.7 Å². The lowest BCUT2D eigenvalue weighted by atomic mass is 9.92. The monoisotopic (exact) mass is 493 g/mol. The number of aryl methyl sites for hydroxylation is 1. The van der Waals surface area contributed by atoms with E-state index in [1.807, 2.05) is 30.5 Å². The molecule has 0 radical (unpaired) electrons. The summed E-state index contributed by atoms with van der Waals surface area (Å²) in [6.45, 7) is 2.50. The molecule has 194 valence electrons. The SMILES string of the molecule is CC(O)[C@@H]1ON(CCCCCCc2ccccc2)[C@H](C(=O)NCCc2c[nH]c3ccccc23)[C@@H]1CO. The number of hydrogen-bond donors (Lipinski definition) is 4. The fraction of sp³-hybridized carbons (Fsp3) is 0.483. The number of para-hydroxylation sites is 1. The second-order valence-electron chi connectivity index (χ2n) is 9.79. The number of rotatable bonds is 13. The van der Waals surface area contributed by atoms with Crippen LogP contribution in [-0.2, 0) is 22.5 Å². The molecule has 0 saturated carbocycles. The molecule has 7 heteroatoms. The Hall–Kier alpha value is -2.71. The summed E-state index contributed by atoms with van der Waals surface area (Å²) in [6, 6.07) is 18.0. The second kappa shape index (κ2) is 13.0. The largest absolute Gasteiger partial charge is 0.396 e. The smallest absolute Gasteiger partial charge is 0.240 e. The highest BCUT2D eigenvalue weighted by Crippen LogP contribution is 2.30. The van der Waals surface area contributed by atoms with Crippen molar-refractivity contribution < 1.29 is 19.8 Å². The van der Waals surface area contributed by atoms with Gasteiger partial charge in [-0.15, -0.1) is 0 Å². The van der Waals surface area contributed by atoms with Gasteiger partial charge < -0.3 is 20.5 Å². The first-order valence-corrected chi connectivity index (χ1v) is 13.2. The number of aliphatic hydroxyl groups excluding tert-OH is 2. The number of nitrogens with one attached hydrogen (secondary N) is 2. The van der Waals surface area contributed by atoms with Crippen LogP contribution >= 0.6 is 0 Å². The van der Waals surface area contributed by atoms with Crippen molar-refractivity contribution in [3.05, 3.63) is 71.9 Å². The Morgan fingerprint density at radius 3 is 2.58 bits per heavy atom. The summed E-state index contributed by atoms with van der Waals surface area (Å²) in [5, 5.41) is 26.2. The Bertz CT molecular complexity index is 1080. The predicted octanol–water partition coefficient (Wildman–Crippen LogP) is 3.60. The number of aliphatic hydroxyl groups is 2. The fourth-order valence-electron chi connectivity index (χ4n) is 5.22. The molecular weight excluding hydrogens is 454 g/mol. The number of unbranched alkanes of at least 4 members (excludes halogenated alkanes) is 3. The maximum absolute atomic E-state index is 13.2. The van der Waals surface area contributed by atoms with Crippen molar-refractivity contribution in [1.82, 2.24) is 15.4 Å². The van der Waals surface area contributed by atoms with Crippen LogP contribution in [0.5, 0.6) is 0 Å². The van der Waals surface area contributed by atoms with Crippen LogP contribution in [0.25, 0.3) is 10.9 Å². The van der Waals surface area contributed by atoms with E-state index in [1.165, 1.54) is 5.56 Å². The number of hydrogen-bond acceptors (Lipinski definition) is 5. The number of H-pyrrole nitrogens is 1. The molecule has 0 spiro atoms. The maximum Gasteiger partial charge on any atom is 0.240 e. The highest BCUT2D eigenvalue weighted by atomic mass is 16.7. The average molecular weight is 494 g/mol. The molecular formula is C29H39N3O4. The van der Waals surface area contributed by atoms with E-state index >= 15 is 0 Å². The van der Waals surface area contributed by atoms with Crippen LogP contribution < -0.4 is 5.32 Å². The molecule has 1 unspecified atom stereocenters. The molecule has 7 nitrogen and oxygen atoms in total. The highest BCUT2D eigenvalue weighted by Gasteiger charge is 2.48. The minimum atomic E-state index is -0.778. The molecule has 2 heterocycles. The Labute approximate surface area is 213 Å². The van der Waals surface area contributed by atoms with E-state index in [1.54, 1.807) is 12.0 Å². The van der Waals surface area contributed by atoms with Gasteiger partial charge in [0.2, 0.25) is 5.91 Å². The van der Waals surface area contributed by atoms with Crippen molar-refractivity contribution in [2.24, 2.45) is 5.92 Å². The van der Waals surface area contributed by atoms with Gasteiger partial charge in [-0.1, -0.05) is 61.4 Å². The Balaban J connectivity index is 1.28. The van der Waals surface area contributed by atoms with Gasteiger partial charge in [0.15, 0.2) is 0 Å². The third-order valence-corrected chi connectivity index (χ3v) is 7.16. The van der Waals surface area contributed by atoms with E-state index in [2.05, 4.69) is 40.6 Å². The Kier molecular flexibility index (Phi) is 9.53. The van der Waals surface area contributed by atoms with Gasteiger partial charge in [-0.2, -0.15) is 5.06 Å². The molecule has 1 aromatic heterocycles. The van der Waals surface area contributed by atoms with Gasteiger partial charge in [-0.25, -0.2) is 0 Å². The minimum absolute atomic E-state index is 0.166. The molecule has 3 aromatic rings. The zero-order valence-electron chi connectivity index (χ0n) is 21.1. The zero-order chi connectivity index (χ0) is 25.3. The lowest BCUT2D eigenvalue weighted by molar-refractivity contribution is -0.187. The first-order chi connectivity index (χ1) is 17.6. The summed E-state index contributed by atoms with van der Waals surface area (Å²) < 4.78 is 0. The molecule has 4 N–H and O–H groups in total. The average Bonchev–Trinajstić information content (AvgIpc) is 3.48. The third kappa shape index (κ3) is 6.53. The van der Waals surface area contributed by atoms with E-state index in [9.17, 15) is 15.0 Å². The van der Waals surface area contributed by atoms with Crippen LogP contribution in [-0.4, -0.2) is 64.1 Å². The van der Waals surface area contributed by atoms with Crippen LogP contribution in [0.15, 0.2) is 60.8 Å². The molecule has 0 bridgehead atoms. The standard InChI is InChI=1S/C29H39N3O4/c1-21(34)28-25(20-33)27(29(35)30-17-16-23-19-31-26-15-9-8-14-24(23)26)32(36-28)18-10-3-2-5-11-22-12-6-4-7-13-22/h4,6-9,12-15,19,21,25,27-28,31,33-34H,2-3,5,10-11,16-18,20H2,1H3,(H,30,35)/t21?,25-,27-,28-/m0/s1. The molecule has 2 aromatic carbocycles. The van der Waals surface area contributed by atoms with Gasteiger partial charge in [0.05, 0.1) is 12.7 Å². The number of amides is 1. The summed E-state index contributed by atoms with van der Waals surface area (Å²) in [6.07, 6.45) is 6.53. The highest BCUT2D eigenvalue weighted by molar-refractivity contribution is 5.84. The van der Waals surface area contributed by atoms with Crippen molar-refractivity contribution in [3.63, 3.8) is 0 Å². The van der Waals surface area contributed by atoms with Crippen molar-refractivity contribution in [2.45, 2.75) is 63.7 Å². The van der Waals surface area contributed by atoms with Crippen LogP contribution in [0.4, 0.5) is 0 Å². The summed E-state index contributed by atoms with van der Waals surface area (Å²) in [5.74, 6) is -0.641. The number of benzene rings is 2. The van der Waals surface area contributed by atoms with Crippen LogP contribution in [0.1, 0.15) is 43.7 Å². The second-order valence-corrected chi connectivity index (χ2v) is 9.79. The van der Waals surface area contributed by atoms with Crippen molar-refractivity contribution in [3.8, 4) is 0 Å². The lowest BCUT2D eigenvalue weighted by Gasteiger charge is -2.24. The van der Waals surface area contributed by atoms with E-state index in [4.69, 9.17) is 4.84 Å². The molecule has 1 saturated heterocycles. The minimum Gasteiger partial charge on any atom is -0.396 e. The quantitative estimate of drug-likeness (QED) is 0.273. The van der Waals surface area contributed by atoms with Gasteiger partial charge in [-0.3, -0.25) is 9.63 Å². The maximum atomic E-state index is 13.2. The number of fused-ring (bicyclic) bond motifs is 1. The molecule has 4 atom stereocenters. The van der Waals surface area contributed by atoms with Gasteiger partial charge in [-0.05, 0) is 49.8 Å². The predicted molar refractivity (Wildman–Crippen MR) is 141 cm³/mol. The van der Waals surface area contributed by atoms with E-state index in [-0.39, 0.29) is 12.5 Å². The number of carbonyl (C=O) groups is 1. The van der Waals surface area contributed by atoms with Crippen LogP contribution in [0.2, 0.25) is 0 Å². The van der Waals surface area contributed by atoms with Gasteiger partial charge in [0, 0.05) is 36.1 Å². The van der Waals surface area contributed by atoms with Gasteiger partial charge in [0.1, 0.15) is 12.1 Å². The zero-order valence-corrected chi connectivity index (χ0v) is 21.1. The van der Waals surface area contributed by atoms with E-state index < -0.39 is 24.2 Å². The molecule has 1 aliphatic heterocycles. The molecule has 1 fully saturated rings. The number of hydroxylamine groups is 2. The van der Waals surface area contributed by atoms with E-state index in [0.717, 1.165) is 48.6 Å². The topological polar surface area (TPSA) is 97.8 Å². The summed E-state index contributed by atoms with van der Waals surface area (Å²) in [5.41, 5.74) is 3.59. The lowest BCUT2D eigenvalue weighted by Crippen LogP contribution is -2.48. The number of aromatic amines is 1. The fourth-order valence-corrected chi connectivity index (χ4v) is 5.22. The number of carbonyl (C=O) groups excluding carboxylic acids is 1. The molecule has 4 rings (SSSR count). The Morgan fingerprint density at radius 2 is 1.81 bits per heavy atom. The van der Waals surface area contributed by atoms with Crippen LogP contribution in [0.3, 0.4) is 0 Å². The Morgan fingerprint density at radius 1 is 1.06 bits per heavy atom. The first kappa shape index (κ1) is 26.4. The van der Waals surface area contributed by atoms with Gasteiger partial charge in [0.25, 0.3) is 0 Å². The molecule has 1 amide bonds. The summed E-state index contributed by atoms with van der Waals surface area (Å²) in [7, 11) is 0. The first-order valence-electron chi connectivity index (χ1n) is 13.2.